The maximum Gasteiger partial charge on any atom is 0.135 e. The van der Waals surface area contributed by atoms with Crippen molar-refractivity contribution in [3.63, 3.8) is 0 Å². The SMILES string of the molecule is CNCc1ccc2c(c1)OC1=CC(N)C=CC1=C2c1ccccc1. The molecule has 2 aliphatic rings. The van der Waals surface area contributed by atoms with Crippen molar-refractivity contribution in [2.24, 2.45) is 5.73 Å². The molecule has 2 aromatic carbocycles. The van der Waals surface area contributed by atoms with Crippen LogP contribution in [0.2, 0.25) is 0 Å². The van der Waals surface area contributed by atoms with Crippen molar-refractivity contribution in [3.8, 4) is 5.75 Å². The van der Waals surface area contributed by atoms with E-state index in [4.69, 9.17) is 10.5 Å². The molecule has 2 aromatic rings. The summed E-state index contributed by atoms with van der Waals surface area (Å²) in [5.41, 5.74) is 11.8. The molecule has 0 spiro atoms. The zero-order valence-corrected chi connectivity index (χ0v) is 13.6. The molecular formula is C21H20N2O. The molecule has 120 valence electrons. The van der Waals surface area contributed by atoms with Gasteiger partial charge in [-0.1, -0.05) is 54.6 Å². The monoisotopic (exact) mass is 316 g/mol. The van der Waals surface area contributed by atoms with Crippen LogP contribution in [-0.4, -0.2) is 13.1 Å². The van der Waals surface area contributed by atoms with Gasteiger partial charge in [-0.05, 0) is 30.3 Å². The third kappa shape index (κ3) is 2.58. The summed E-state index contributed by atoms with van der Waals surface area (Å²) in [6.07, 6.45) is 6.06. The third-order valence-corrected chi connectivity index (χ3v) is 4.34. The minimum Gasteiger partial charge on any atom is -0.456 e. The predicted molar refractivity (Wildman–Crippen MR) is 97.5 cm³/mol. The normalized spacial score (nSPS) is 18.6. The fourth-order valence-corrected chi connectivity index (χ4v) is 3.26. The summed E-state index contributed by atoms with van der Waals surface area (Å²) < 4.78 is 6.19. The highest BCUT2D eigenvalue weighted by Gasteiger charge is 2.26. The molecule has 0 radical (unpaired) electrons. The summed E-state index contributed by atoms with van der Waals surface area (Å²) in [6.45, 7) is 0.812. The molecule has 3 N–H and O–H groups in total. The van der Waals surface area contributed by atoms with Crippen LogP contribution in [0, 0.1) is 0 Å². The molecule has 3 nitrogen and oxygen atoms in total. The van der Waals surface area contributed by atoms with Crippen LogP contribution in [0.15, 0.2) is 78.1 Å². The Labute approximate surface area is 142 Å². The number of ether oxygens (including phenoxy) is 1. The van der Waals surface area contributed by atoms with E-state index in [1.807, 2.05) is 25.3 Å². The van der Waals surface area contributed by atoms with E-state index in [2.05, 4.69) is 53.9 Å². The van der Waals surface area contributed by atoms with E-state index < -0.39 is 0 Å². The number of nitrogens with one attached hydrogen (secondary N) is 1. The standard InChI is InChI=1S/C21H20N2O/c1-23-13-14-7-9-17-19(11-14)24-20-12-16(22)8-10-18(20)21(17)15-5-3-2-4-6-15/h2-12,16,23H,13,22H2,1H3. The first-order chi connectivity index (χ1) is 11.8. The zero-order chi connectivity index (χ0) is 16.5. The second-order valence-corrected chi connectivity index (χ2v) is 6.08. The van der Waals surface area contributed by atoms with Crippen LogP contribution in [0.3, 0.4) is 0 Å². The minimum atomic E-state index is -0.109. The molecule has 0 saturated carbocycles. The van der Waals surface area contributed by atoms with Gasteiger partial charge < -0.3 is 15.8 Å². The lowest BCUT2D eigenvalue weighted by atomic mass is 9.87. The molecule has 0 aromatic heterocycles. The molecule has 1 heterocycles. The number of nitrogens with two attached hydrogens (primary N) is 1. The van der Waals surface area contributed by atoms with E-state index in [1.54, 1.807) is 0 Å². The Bertz CT molecular complexity index is 863. The molecule has 0 bridgehead atoms. The van der Waals surface area contributed by atoms with E-state index >= 15 is 0 Å². The number of rotatable bonds is 3. The lowest BCUT2D eigenvalue weighted by molar-refractivity contribution is 0.427. The van der Waals surface area contributed by atoms with Crippen LogP contribution in [0.1, 0.15) is 16.7 Å². The second kappa shape index (κ2) is 6.11. The highest BCUT2D eigenvalue weighted by Crippen LogP contribution is 2.43. The Kier molecular flexibility index (Phi) is 3.81. The number of hydrogen-bond acceptors (Lipinski definition) is 3. The van der Waals surface area contributed by atoms with Gasteiger partial charge in [-0.25, -0.2) is 0 Å². The smallest absolute Gasteiger partial charge is 0.135 e. The van der Waals surface area contributed by atoms with E-state index in [1.165, 1.54) is 16.7 Å². The molecule has 1 aliphatic carbocycles. The molecule has 24 heavy (non-hydrogen) atoms. The Morgan fingerprint density at radius 1 is 1.12 bits per heavy atom. The van der Waals surface area contributed by atoms with Crippen molar-refractivity contribution in [3.05, 3.63) is 94.8 Å². The molecule has 0 amide bonds. The van der Waals surface area contributed by atoms with Gasteiger partial charge in [0.15, 0.2) is 0 Å². The topological polar surface area (TPSA) is 47.3 Å². The van der Waals surface area contributed by atoms with Crippen LogP contribution in [0.5, 0.6) is 5.75 Å². The molecule has 3 heteroatoms. The summed E-state index contributed by atoms with van der Waals surface area (Å²) in [4.78, 5) is 0. The van der Waals surface area contributed by atoms with Crippen molar-refractivity contribution in [2.75, 3.05) is 7.05 Å². The molecule has 0 fully saturated rings. The summed E-state index contributed by atoms with van der Waals surface area (Å²) >= 11 is 0. The highest BCUT2D eigenvalue weighted by atomic mass is 16.5. The van der Waals surface area contributed by atoms with Gasteiger partial charge in [-0.3, -0.25) is 0 Å². The van der Waals surface area contributed by atoms with Gasteiger partial charge in [0.05, 0.1) is 0 Å². The fraction of sp³-hybridized carbons (Fsp3) is 0.143. The fourth-order valence-electron chi connectivity index (χ4n) is 3.26. The van der Waals surface area contributed by atoms with Gasteiger partial charge in [0.2, 0.25) is 0 Å². The van der Waals surface area contributed by atoms with Crippen LogP contribution in [0.4, 0.5) is 0 Å². The predicted octanol–water partition coefficient (Wildman–Crippen LogP) is 3.38. The lowest BCUT2D eigenvalue weighted by Crippen LogP contribution is -2.21. The molecule has 0 saturated heterocycles. The first-order valence-corrected chi connectivity index (χ1v) is 8.17. The molecule has 4 rings (SSSR count). The van der Waals surface area contributed by atoms with Crippen molar-refractivity contribution in [1.29, 1.82) is 0 Å². The largest absolute Gasteiger partial charge is 0.456 e. The summed E-state index contributed by atoms with van der Waals surface area (Å²) in [5.74, 6) is 1.73. The van der Waals surface area contributed by atoms with Gasteiger partial charge in [0.1, 0.15) is 11.5 Å². The minimum absolute atomic E-state index is 0.109. The molecule has 1 atom stereocenters. The number of fused-ring (bicyclic) bond motifs is 2. The quantitative estimate of drug-likeness (QED) is 0.912. The molecular weight excluding hydrogens is 296 g/mol. The van der Waals surface area contributed by atoms with E-state index in [-0.39, 0.29) is 6.04 Å². The van der Waals surface area contributed by atoms with Crippen LogP contribution >= 0.6 is 0 Å². The molecule has 1 unspecified atom stereocenters. The van der Waals surface area contributed by atoms with Gasteiger partial charge in [0, 0.05) is 29.3 Å². The Hall–Kier alpha value is -2.62. The van der Waals surface area contributed by atoms with E-state index in [9.17, 15) is 0 Å². The summed E-state index contributed by atoms with van der Waals surface area (Å²) in [7, 11) is 1.95. The van der Waals surface area contributed by atoms with Crippen molar-refractivity contribution in [2.45, 2.75) is 12.6 Å². The maximum atomic E-state index is 6.19. The molecule has 1 aliphatic heterocycles. The number of benzene rings is 2. The Morgan fingerprint density at radius 2 is 1.96 bits per heavy atom. The maximum absolute atomic E-state index is 6.19. The van der Waals surface area contributed by atoms with Crippen LogP contribution in [-0.2, 0) is 6.54 Å². The van der Waals surface area contributed by atoms with Gasteiger partial charge in [-0.2, -0.15) is 0 Å². The number of hydrogen-bond donors (Lipinski definition) is 2. The van der Waals surface area contributed by atoms with Gasteiger partial charge in [-0.15, -0.1) is 0 Å². The average Bonchev–Trinajstić information content (AvgIpc) is 2.60. The van der Waals surface area contributed by atoms with Crippen molar-refractivity contribution >= 4 is 5.57 Å². The van der Waals surface area contributed by atoms with Crippen molar-refractivity contribution in [1.82, 2.24) is 5.32 Å². The Balaban J connectivity index is 1.93. The van der Waals surface area contributed by atoms with Gasteiger partial charge in [0.25, 0.3) is 0 Å². The van der Waals surface area contributed by atoms with Crippen LogP contribution in [0.25, 0.3) is 5.57 Å². The van der Waals surface area contributed by atoms with Crippen molar-refractivity contribution < 1.29 is 4.74 Å². The van der Waals surface area contributed by atoms with E-state index in [0.717, 1.165) is 29.2 Å². The summed E-state index contributed by atoms with van der Waals surface area (Å²) in [5, 5.41) is 3.18. The first-order valence-electron chi connectivity index (χ1n) is 8.17. The average molecular weight is 316 g/mol. The Morgan fingerprint density at radius 3 is 2.75 bits per heavy atom. The van der Waals surface area contributed by atoms with E-state index in [0.29, 0.717) is 0 Å². The van der Waals surface area contributed by atoms with Crippen LogP contribution < -0.4 is 15.8 Å². The zero-order valence-electron chi connectivity index (χ0n) is 13.6. The highest BCUT2D eigenvalue weighted by molar-refractivity contribution is 5.90. The third-order valence-electron chi connectivity index (χ3n) is 4.34. The second-order valence-electron chi connectivity index (χ2n) is 6.08. The lowest BCUT2D eigenvalue weighted by Gasteiger charge is -2.28. The van der Waals surface area contributed by atoms with Gasteiger partial charge >= 0.3 is 0 Å². The summed E-state index contributed by atoms with van der Waals surface area (Å²) in [6, 6.07) is 16.7. The number of allylic oxidation sites excluding steroid dienone is 1. The first kappa shape index (κ1) is 14.9.